The summed E-state index contributed by atoms with van der Waals surface area (Å²) in [6, 6.07) is 6.59. The van der Waals surface area contributed by atoms with Gasteiger partial charge in [-0.25, -0.2) is 4.98 Å². The molecular formula is C26H36N4O5. The summed E-state index contributed by atoms with van der Waals surface area (Å²) in [5.74, 6) is 0.485. The molecule has 0 spiro atoms. The lowest BCUT2D eigenvalue weighted by Gasteiger charge is -2.31. The number of aryl methyl sites for hydroxylation is 1. The number of aromatic nitrogens is 1. The van der Waals surface area contributed by atoms with E-state index in [1.807, 2.05) is 6.07 Å². The zero-order valence-electron chi connectivity index (χ0n) is 21.2. The number of unbranched alkanes of at least 4 members (excludes halogenated alkanes) is 1. The van der Waals surface area contributed by atoms with Crippen LogP contribution in [0.1, 0.15) is 65.3 Å². The number of hydrogen-bond donors (Lipinski definition) is 0. The van der Waals surface area contributed by atoms with Crippen LogP contribution in [0.25, 0.3) is 0 Å². The lowest BCUT2D eigenvalue weighted by Crippen LogP contribution is -2.48. The number of benzene rings is 1. The molecule has 2 heterocycles. The summed E-state index contributed by atoms with van der Waals surface area (Å²) in [6.45, 7) is 3.38. The summed E-state index contributed by atoms with van der Waals surface area (Å²) >= 11 is 0. The Bertz CT molecular complexity index is 1020. The number of amides is 3. The van der Waals surface area contributed by atoms with Gasteiger partial charge in [0.1, 0.15) is 18.1 Å². The zero-order chi connectivity index (χ0) is 25.4. The molecule has 9 nitrogen and oxygen atoms in total. The van der Waals surface area contributed by atoms with Gasteiger partial charge in [0.05, 0.1) is 12.2 Å². The molecule has 0 bridgehead atoms. The van der Waals surface area contributed by atoms with Crippen molar-refractivity contribution in [3.63, 3.8) is 0 Å². The Hall–Kier alpha value is -3.36. The number of oxazole rings is 1. The van der Waals surface area contributed by atoms with Gasteiger partial charge in [-0.2, -0.15) is 0 Å². The molecule has 0 aliphatic carbocycles. The molecule has 0 N–H and O–H groups in total. The molecule has 1 aromatic heterocycles. The maximum Gasteiger partial charge on any atom is 0.275 e. The lowest BCUT2D eigenvalue weighted by molar-refractivity contribution is -0.134. The number of nitrogens with zero attached hydrogens (tertiary/aromatic N) is 4. The molecule has 9 heteroatoms. The first-order valence-electron chi connectivity index (χ1n) is 12.2. The van der Waals surface area contributed by atoms with Crippen LogP contribution in [0.3, 0.4) is 0 Å². The average Bonchev–Trinajstić information content (AvgIpc) is 3.30. The minimum Gasteiger partial charge on any atom is -0.493 e. The van der Waals surface area contributed by atoms with Crippen molar-refractivity contribution < 1.29 is 23.5 Å². The van der Waals surface area contributed by atoms with Gasteiger partial charge in [0.15, 0.2) is 11.6 Å². The van der Waals surface area contributed by atoms with Crippen molar-refractivity contribution >= 4 is 17.7 Å². The SMILES string of the molecule is Cc1nc(C(=O)N(C)CCCC[C@H]2C(=O)N(C)CCCCCOc3ccccc3C(=O)N2C)co1. The van der Waals surface area contributed by atoms with Crippen molar-refractivity contribution in [2.75, 3.05) is 40.8 Å². The van der Waals surface area contributed by atoms with Gasteiger partial charge in [-0.1, -0.05) is 12.1 Å². The minimum absolute atomic E-state index is 0.0685. The van der Waals surface area contributed by atoms with Crippen LogP contribution in [0.2, 0.25) is 0 Å². The Morgan fingerprint density at radius 2 is 1.91 bits per heavy atom. The topological polar surface area (TPSA) is 96.2 Å². The molecule has 1 aliphatic heterocycles. The summed E-state index contributed by atoms with van der Waals surface area (Å²) in [4.78, 5) is 48.2. The molecule has 35 heavy (non-hydrogen) atoms. The first-order valence-corrected chi connectivity index (χ1v) is 12.2. The quantitative estimate of drug-likeness (QED) is 0.583. The van der Waals surface area contributed by atoms with Crippen LogP contribution in [-0.2, 0) is 4.79 Å². The van der Waals surface area contributed by atoms with Gasteiger partial charge in [-0.15, -0.1) is 0 Å². The molecule has 1 atom stereocenters. The largest absolute Gasteiger partial charge is 0.493 e. The maximum absolute atomic E-state index is 13.4. The van der Waals surface area contributed by atoms with E-state index in [0.29, 0.717) is 56.2 Å². The molecule has 0 saturated heterocycles. The Labute approximate surface area is 207 Å². The number of carbonyl (C=O) groups is 3. The fourth-order valence-corrected chi connectivity index (χ4v) is 4.20. The predicted molar refractivity (Wildman–Crippen MR) is 131 cm³/mol. The third-order valence-corrected chi connectivity index (χ3v) is 6.37. The Morgan fingerprint density at radius 1 is 1.14 bits per heavy atom. The van der Waals surface area contributed by atoms with Gasteiger partial charge in [-0.3, -0.25) is 14.4 Å². The molecule has 0 fully saturated rings. The maximum atomic E-state index is 13.4. The number of likely N-dealkylation sites (N-methyl/N-ethyl adjacent to an activating group) is 2. The molecule has 3 amide bonds. The molecule has 0 unspecified atom stereocenters. The second kappa shape index (κ2) is 12.4. The predicted octanol–water partition coefficient (Wildman–Crippen LogP) is 3.39. The van der Waals surface area contributed by atoms with Crippen molar-refractivity contribution in [2.45, 2.75) is 51.5 Å². The van der Waals surface area contributed by atoms with Crippen molar-refractivity contribution in [1.29, 1.82) is 0 Å². The van der Waals surface area contributed by atoms with Crippen LogP contribution < -0.4 is 4.74 Å². The summed E-state index contributed by atoms with van der Waals surface area (Å²) in [5.41, 5.74) is 0.742. The van der Waals surface area contributed by atoms with E-state index in [9.17, 15) is 14.4 Å². The van der Waals surface area contributed by atoms with Crippen molar-refractivity contribution in [2.24, 2.45) is 0 Å². The number of rotatable bonds is 6. The van der Waals surface area contributed by atoms with E-state index in [0.717, 1.165) is 19.3 Å². The summed E-state index contributed by atoms with van der Waals surface area (Å²) < 4.78 is 11.0. The second-order valence-corrected chi connectivity index (χ2v) is 9.07. The molecule has 0 radical (unpaired) electrons. The highest BCUT2D eigenvalue weighted by molar-refractivity contribution is 5.99. The fraction of sp³-hybridized carbons (Fsp3) is 0.538. The van der Waals surface area contributed by atoms with Gasteiger partial charge >= 0.3 is 0 Å². The summed E-state index contributed by atoms with van der Waals surface area (Å²) in [6.07, 6.45) is 5.91. The first kappa shape index (κ1) is 26.2. The van der Waals surface area contributed by atoms with Crippen LogP contribution in [0.5, 0.6) is 5.75 Å². The van der Waals surface area contributed by atoms with Crippen LogP contribution in [0.4, 0.5) is 0 Å². The highest BCUT2D eigenvalue weighted by Crippen LogP contribution is 2.23. The highest BCUT2D eigenvalue weighted by atomic mass is 16.5. The monoisotopic (exact) mass is 484 g/mol. The van der Waals surface area contributed by atoms with Crippen LogP contribution in [-0.4, -0.2) is 84.3 Å². The van der Waals surface area contributed by atoms with Crippen molar-refractivity contribution in [3.05, 3.63) is 47.7 Å². The number of ether oxygens (including phenoxy) is 1. The van der Waals surface area contributed by atoms with Gasteiger partial charge in [0.25, 0.3) is 11.8 Å². The van der Waals surface area contributed by atoms with Crippen molar-refractivity contribution in [3.8, 4) is 5.75 Å². The van der Waals surface area contributed by atoms with Crippen LogP contribution >= 0.6 is 0 Å². The van der Waals surface area contributed by atoms with E-state index in [-0.39, 0.29) is 23.4 Å². The number of para-hydroxylation sites is 1. The second-order valence-electron chi connectivity index (χ2n) is 9.07. The van der Waals surface area contributed by atoms with Gasteiger partial charge < -0.3 is 23.9 Å². The third-order valence-electron chi connectivity index (χ3n) is 6.37. The summed E-state index contributed by atoms with van der Waals surface area (Å²) in [7, 11) is 5.19. The fourth-order valence-electron chi connectivity index (χ4n) is 4.20. The molecule has 2 aromatic rings. The molecule has 0 saturated carbocycles. The van der Waals surface area contributed by atoms with E-state index in [4.69, 9.17) is 9.15 Å². The van der Waals surface area contributed by atoms with Gasteiger partial charge in [-0.05, 0) is 50.7 Å². The zero-order valence-corrected chi connectivity index (χ0v) is 21.2. The highest BCUT2D eigenvalue weighted by Gasteiger charge is 2.31. The standard InChI is InChI=1S/C26H36N4O5/c1-19-27-21(18-35-19)25(32)28(2)16-10-8-13-22-26(33)29(3)15-9-5-11-17-34-23-14-7-6-12-20(23)24(31)30(22)4/h6-7,12,14,18,22H,5,8-11,13,15-17H2,1-4H3/t22-/m0/s1. The van der Waals surface area contributed by atoms with E-state index < -0.39 is 6.04 Å². The van der Waals surface area contributed by atoms with E-state index in [1.165, 1.54) is 11.2 Å². The van der Waals surface area contributed by atoms with Crippen LogP contribution in [0.15, 0.2) is 34.9 Å². The minimum atomic E-state index is -0.597. The molecule has 1 aliphatic rings. The molecular weight excluding hydrogens is 448 g/mol. The molecule has 190 valence electrons. The Morgan fingerprint density at radius 3 is 2.66 bits per heavy atom. The van der Waals surface area contributed by atoms with Gasteiger partial charge in [0.2, 0.25) is 5.91 Å². The van der Waals surface area contributed by atoms with E-state index in [1.54, 1.807) is 56.1 Å². The smallest absolute Gasteiger partial charge is 0.275 e. The normalized spacial score (nSPS) is 17.7. The number of fused-ring (bicyclic) bond motifs is 1. The lowest BCUT2D eigenvalue weighted by atomic mass is 10.0. The van der Waals surface area contributed by atoms with Gasteiger partial charge in [0, 0.05) is 41.2 Å². The summed E-state index contributed by atoms with van der Waals surface area (Å²) in [5, 5.41) is 0. The first-order chi connectivity index (χ1) is 16.8. The van der Waals surface area contributed by atoms with E-state index in [2.05, 4.69) is 4.98 Å². The average molecular weight is 485 g/mol. The number of carbonyl (C=O) groups excluding carboxylic acids is 3. The van der Waals surface area contributed by atoms with Crippen LogP contribution in [0, 0.1) is 6.92 Å². The Balaban J connectivity index is 1.68. The van der Waals surface area contributed by atoms with E-state index >= 15 is 0 Å². The molecule has 3 rings (SSSR count). The van der Waals surface area contributed by atoms with Crippen molar-refractivity contribution in [1.82, 2.24) is 19.7 Å². The third kappa shape index (κ3) is 6.83. The molecule has 1 aromatic carbocycles. The number of hydrogen-bond acceptors (Lipinski definition) is 6. The Kier molecular flexibility index (Phi) is 9.28.